The van der Waals surface area contributed by atoms with Crippen LogP contribution in [0.2, 0.25) is 0 Å². The summed E-state index contributed by atoms with van der Waals surface area (Å²) in [5.41, 5.74) is 4.02. The minimum absolute atomic E-state index is 0.0537. The zero-order chi connectivity index (χ0) is 27.5. The first-order chi connectivity index (χ1) is 19.6. The fraction of sp³-hybridized carbons (Fsp3) is 0. The molecule has 40 heavy (non-hydrogen) atoms. The highest BCUT2D eigenvalue weighted by molar-refractivity contribution is 6.18. The third-order valence-electron chi connectivity index (χ3n) is 6.38. The number of furan rings is 1. The SMILES string of the molecule is O=C(/C=C/c1cn(-c2ccccc2)nc1-c1ccc(F)cc1)Nc1c(C(=O)c2ccccc2)oc2ccccc12. The average molecular weight is 528 g/mol. The van der Waals surface area contributed by atoms with E-state index in [4.69, 9.17) is 9.52 Å². The molecule has 4 aromatic carbocycles. The van der Waals surface area contributed by atoms with Gasteiger partial charge in [-0.3, -0.25) is 9.59 Å². The van der Waals surface area contributed by atoms with Gasteiger partial charge in [0.2, 0.25) is 11.7 Å². The van der Waals surface area contributed by atoms with Crippen LogP contribution in [0.4, 0.5) is 10.1 Å². The highest BCUT2D eigenvalue weighted by Crippen LogP contribution is 2.33. The quantitative estimate of drug-likeness (QED) is 0.174. The van der Waals surface area contributed by atoms with Gasteiger partial charge in [-0.25, -0.2) is 9.07 Å². The summed E-state index contributed by atoms with van der Waals surface area (Å²) < 4.78 is 21.2. The van der Waals surface area contributed by atoms with Gasteiger partial charge in [-0.2, -0.15) is 5.10 Å². The summed E-state index contributed by atoms with van der Waals surface area (Å²) in [5.74, 6) is -1.08. The lowest BCUT2D eigenvalue weighted by atomic mass is 10.1. The maximum atomic E-state index is 13.6. The summed E-state index contributed by atoms with van der Waals surface area (Å²) in [5, 5.41) is 8.16. The Morgan fingerprint density at radius 2 is 1.50 bits per heavy atom. The zero-order valence-corrected chi connectivity index (χ0v) is 21.1. The number of benzene rings is 4. The van der Waals surface area contributed by atoms with Crippen molar-refractivity contribution < 1.29 is 18.4 Å². The van der Waals surface area contributed by atoms with Gasteiger partial charge in [-0.15, -0.1) is 0 Å². The van der Waals surface area contributed by atoms with Crippen LogP contribution in [0.1, 0.15) is 21.7 Å². The lowest BCUT2D eigenvalue weighted by Gasteiger charge is -2.04. The minimum Gasteiger partial charge on any atom is -0.450 e. The van der Waals surface area contributed by atoms with E-state index in [0.717, 1.165) is 5.69 Å². The molecule has 0 aliphatic rings. The van der Waals surface area contributed by atoms with Gasteiger partial charge in [-0.05, 0) is 54.6 Å². The molecular formula is C33H22FN3O3. The summed E-state index contributed by atoms with van der Waals surface area (Å²) in [6, 6.07) is 31.5. The van der Waals surface area contributed by atoms with Crippen LogP contribution in [0.25, 0.3) is 34.0 Å². The summed E-state index contributed by atoms with van der Waals surface area (Å²) in [6.07, 6.45) is 4.81. The molecule has 6 nitrogen and oxygen atoms in total. The van der Waals surface area contributed by atoms with Gasteiger partial charge in [0.25, 0.3) is 0 Å². The standard InChI is InChI=1S/C33H22FN3O3/c34-25-18-15-22(16-19-25)30-24(21-37(36-30)26-11-5-2-6-12-26)17-20-29(38)35-31-27-13-7-8-14-28(27)40-33(31)32(39)23-9-3-1-4-10-23/h1-21H,(H,35,38)/b20-17+. The number of hydrogen-bond donors (Lipinski definition) is 1. The second-order valence-corrected chi connectivity index (χ2v) is 9.04. The molecule has 0 aliphatic carbocycles. The van der Waals surface area contributed by atoms with E-state index in [1.165, 1.54) is 18.2 Å². The van der Waals surface area contributed by atoms with Crippen LogP contribution in [-0.2, 0) is 4.79 Å². The molecule has 0 fully saturated rings. The molecule has 0 atom stereocenters. The van der Waals surface area contributed by atoms with Crippen molar-refractivity contribution >= 4 is 34.4 Å². The monoisotopic (exact) mass is 527 g/mol. The Bertz CT molecular complexity index is 1850. The number of anilines is 1. The molecule has 0 spiro atoms. The second-order valence-electron chi connectivity index (χ2n) is 9.04. The van der Waals surface area contributed by atoms with Crippen molar-refractivity contribution in [1.29, 1.82) is 0 Å². The lowest BCUT2D eigenvalue weighted by molar-refractivity contribution is -0.111. The molecule has 2 heterocycles. The number of aromatic nitrogens is 2. The van der Waals surface area contributed by atoms with Crippen molar-refractivity contribution in [1.82, 2.24) is 9.78 Å². The number of nitrogens with one attached hydrogen (secondary N) is 1. The van der Waals surface area contributed by atoms with Crippen LogP contribution in [-0.4, -0.2) is 21.5 Å². The molecule has 2 aromatic heterocycles. The number of hydrogen-bond acceptors (Lipinski definition) is 4. The summed E-state index contributed by atoms with van der Waals surface area (Å²) in [7, 11) is 0. The largest absolute Gasteiger partial charge is 0.450 e. The Kier molecular flexibility index (Phi) is 6.60. The van der Waals surface area contributed by atoms with Gasteiger partial charge in [0.05, 0.1) is 17.1 Å². The number of rotatable bonds is 7. The number of carbonyl (C=O) groups excluding carboxylic acids is 2. The molecule has 1 amide bonds. The van der Waals surface area contributed by atoms with E-state index in [2.05, 4.69) is 5.32 Å². The fourth-order valence-electron chi connectivity index (χ4n) is 4.43. The highest BCUT2D eigenvalue weighted by atomic mass is 19.1. The number of ketones is 1. The van der Waals surface area contributed by atoms with E-state index >= 15 is 0 Å². The van der Waals surface area contributed by atoms with E-state index < -0.39 is 5.91 Å². The van der Waals surface area contributed by atoms with Gasteiger partial charge >= 0.3 is 0 Å². The zero-order valence-electron chi connectivity index (χ0n) is 21.1. The van der Waals surface area contributed by atoms with Crippen LogP contribution in [0.15, 0.2) is 126 Å². The Morgan fingerprint density at radius 3 is 2.25 bits per heavy atom. The first-order valence-corrected chi connectivity index (χ1v) is 12.6. The van der Waals surface area contributed by atoms with Crippen molar-refractivity contribution in [3.05, 3.63) is 144 Å². The average Bonchev–Trinajstić information content (AvgIpc) is 3.59. The molecule has 6 rings (SSSR count). The number of amides is 1. The number of para-hydroxylation sites is 2. The molecule has 6 aromatic rings. The van der Waals surface area contributed by atoms with E-state index in [1.807, 2.05) is 42.5 Å². The molecule has 0 saturated heterocycles. The van der Waals surface area contributed by atoms with E-state index in [0.29, 0.717) is 39.0 Å². The smallest absolute Gasteiger partial charge is 0.248 e. The van der Waals surface area contributed by atoms with Crippen molar-refractivity contribution in [2.75, 3.05) is 5.32 Å². The van der Waals surface area contributed by atoms with Gasteiger partial charge in [0, 0.05) is 34.3 Å². The van der Waals surface area contributed by atoms with E-state index in [1.54, 1.807) is 71.6 Å². The van der Waals surface area contributed by atoms with Crippen molar-refractivity contribution in [2.24, 2.45) is 0 Å². The number of halogens is 1. The predicted molar refractivity (Wildman–Crippen MR) is 153 cm³/mol. The van der Waals surface area contributed by atoms with Gasteiger partial charge in [0.15, 0.2) is 5.76 Å². The van der Waals surface area contributed by atoms with Crippen LogP contribution >= 0.6 is 0 Å². The third-order valence-corrected chi connectivity index (χ3v) is 6.38. The van der Waals surface area contributed by atoms with Crippen molar-refractivity contribution in [2.45, 2.75) is 0 Å². The first-order valence-electron chi connectivity index (χ1n) is 12.6. The summed E-state index contributed by atoms with van der Waals surface area (Å²) in [6.45, 7) is 0. The lowest BCUT2D eigenvalue weighted by Crippen LogP contribution is -2.11. The van der Waals surface area contributed by atoms with Gasteiger partial charge in [0.1, 0.15) is 11.4 Å². The number of fused-ring (bicyclic) bond motifs is 1. The summed E-state index contributed by atoms with van der Waals surface area (Å²) >= 11 is 0. The van der Waals surface area contributed by atoms with Crippen LogP contribution in [0, 0.1) is 5.82 Å². The molecule has 1 N–H and O–H groups in total. The Hall–Kier alpha value is -5.56. The van der Waals surface area contributed by atoms with Crippen molar-refractivity contribution in [3.8, 4) is 16.9 Å². The minimum atomic E-state index is -0.453. The van der Waals surface area contributed by atoms with Crippen LogP contribution in [0.5, 0.6) is 0 Å². The Balaban J connectivity index is 1.34. The Morgan fingerprint density at radius 1 is 0.825 bits per heavy atom. The Labute approximate surface area is 229 Å². The number of nitrogens with zero attached hydrogens (tertiary/aromatic N) is 2. The highest BCUT2D eigenvalue weighted by Gasteiger charge is 2.23. The fourth-order valence-corrected chi connectivity index (χ4v) is 4.43. The van der Waals surface area contributed by atoms with Crippen LogP contribution in [0.3, 0.4) is 0 Å². The topological polar surface area (TPSA) is 77.1 Å². The maximum absolute atomic E-state index is 13.6. The molecule has 0 aliphatic heterocycles. The van der Waals surface area contributed by atoms with Gasteiger partial charge < -0.3 is 9.73 Å². The molecule has 0 radical (unpaired) electrons. The van der Waals surface area contributed by atoms with E-state index in [-0.39, 0.29) is 17.4 Å². The molecule has 0 saturated carbocycles. The normalized spacial score (nSPS) is 11.2. The maximum Gasteiger partial charge on any atom is 0.248 e. The molecule has 7 heteroatoms. The van der Waals surface area contributed by atoms with Gasteiger partial charge in [-0.1, -0.05) is 60.7 Å². The third kappa shape index (κ3) is 4.96. The molecule has 194 valence electrons. The van der Waals surface area contributed by atoms with Crippen LogP contribution < -0.4 is 5.32 Å². The second kappa shape index (κ2) is 10.7. The van der Waals surface area contributed by atoms with Crippen molar-refractivity contribution in [3.63, 3.8) is 0 Å². The summed E-state index contributed by atoms with van der Waals surface area (Å²) in [4.78, 5) is 26.4. The first kappa shape index (κ1) is 24.8. The van der Waals surface area contributed by atoms with E-state index in [9.17, 15) is 14.0 Å². The number of carbonyl (C=O) groups is 2. The molecular weight excluding hydrogens is 505 g/mol. The molecule has 0 bridgehead atoms. The molecule has 0 unspecified atom stereocenters. The predicted octanol–water partition coefficient (Wildman–Crippen LogP) is 7.31.